The lowest BCUT2D eigenvalue weighted by molar-refractivity contribution is -0.311. The molecule has 0 saturated carbocycles. The Labute approximate surface area is 214 Å². The third-order valence-electron chi connectivity index (χ3n) is 6.24. The number of hydrogen-bond acceptors (Lipinski definition) is 19. The lowest BCUT2D eigenvalue weighted by Crippen LogP contribution is -2.60. The highest BCUT2D eigenvalue weighted by atomic mass is 31.2. The lowest BCUT2D eigenvalue weighted by atomic mass is 9.99. The molecule has 0 amide bonds. The first-order valence-corrected chi connectivity index (χ1v) is 12.8. The quantitative estimate of drug-likeness (QED) is 0.112. The molecule has 12 N–H and O–H groups in total. The number of aliphatic hydroxyl groups excluding tert-OH is 12. The second-order valence-corrected chi connectivity index (χ2v) is 10.4. The summed E-state index contributed by atoms with van der Waals surface area (Å²) in [5.74, 6) is 0. The summed E-state index contributed by atoms with van der Waals surface area (Å²) in [4.78, 5) is 0. The van der Waals surface area contributed by atoms with Crippen LogP contribution in [0, 0.1) is 0 Å². The average Bonchev–Trinajstić information content (AvgIpc) is 2.89. The van der Waals surface area contributed by atoms with E-state index in [1.54, 1.807) is 0 Å². The van der Waals surface area contributed by atoms with Gasteiger partial charge in [0, 0.05) is 0 Å². The van der Waals surface area contributed by atoms with Crippen LogP contribution in [0.5, 0.6) is 0 Å². The molecule has 3 saturated heterocycles. The standard InChI is InChI=1S/C18H33O19P/c19-1-4-7(22)10(25)13(28)16(32-4)35-38(31,36-17-14(29)11(26)8(23)5(2-20)33-17)37-18-15(30)12(27)9(24)6(3-21)34-18/h4-30H,1-3H2/t4-,5-,6-,7+,8+,9+,10-,11-,12-,13-,14-,15-,16?,17?,18?,38?/m1/s1. The van der Waals surface area contributed by atoms with Gasteiger partial charge in [0.15, 0.2) is 18.9 Å². The minimum absolute atomic E-state index is 0.920. The van der Waals surface area contributed by atoms with Crippen molar-refractivity contribution in [2.24, 2.45) is 0 Å². The number of phosphoric ester groups is 1. The highest BCUT2D eigenvalue weighted by Gasteiger charge is 2.54. The van der Waals surface area contributed by atoms with E-state index in [9.17, 15) is 65.8 Å². The maximum atomic E-state index is 13.7. The van der Waals surface area contributed by atoms with Gasteiger partial charge in [0.05, 0.1) is 19.8 Å². The SMILES string of the molecule is O=P(OC1O[C@H](CO)[C@H](O)[C@@H](O)[C@H]1O)(OC1O[C@H](CO)[C@H](O)[C@@H](O)[C@H]1O)OC1O[C@H](CO)[C@H](O)[C@@H](O)[C@H]1O. The molecule has 19 nitrogen and oxygen atoms in total. The second-order valence-electron chi connectivity index (χ2n) is 8.86. The van der Waals surface area contributed by atoms with Crippen LogP contribution in [0.15, 0.2) is 0 Å². The molecule has 15 atom stereocenters. The monoisotopic (exact) mass is 584 g/mol. The molecule has 0 aliphatic carbocycles. The van der Waals surface area contributed by atoms with Crippen LogP contribution >= 0.6 is 7.82 Å². The normalized spacial score (nSPS) is 49.9. The smallest absolute Gasteiger partial charge is 0.394 e. The minimum atomic E-state index is -5.46. The van der Waals surface area contributed by atoms with Crippen LogP contribution < -0.4 is 0 Å². The fourth-order valence-corrected chi connectivity index (χ4v) is 5.36. The summed E-state index contributed by atoms with van der Waals surface area (Å²) >= 11 is 0. The van der Waals surface area contributed by atoms with Crippen LogP contribution in [-0.4, -0.2) is 173 Å². The van der Waals surface area contributed by atoms with Crippen LogP contribution in [0.3, 0.4) is 0 Å². The molecule has 3 aliphatic rings. The van der Waals surface area contributed by atoms with Crippen LogP contribution in [0.4, 0.5) is 0 Å². The van der Waals surface area contributed by atoms with Crippen molar-refractivity contribution in [3.63, 3.8) is 0 Å². The summed E-state index contributed by atoms with van der Waals surface area (Å²) in [5.41, 5.74) is 0. The minimum Gasteiger partial charge on any atom is -0.394 e. The van der Waals surface area contributed by atoms with Crippen molar-refractivity contribution in [3.8, 4) is 0 Å². The second kappa shape index (κ2) is 13.0. The van der Waals surface area contributed by atoms with Crippen LogP contribution in [0.2, 0.25) is 0 Å². The van der Waals surface area contributed by atoms with Crippen molar-refractivity contribution in [1.82, 2.24) is 0 Å². The van der Waals surface area contributed by atoms with Crippen LogP contribution in [0.1, 0.15) is 0 Å². The van der Waals surface area contributed by atoms with E-state index in [1.165, 1.54) is 0 Å². The van der Waals surface area contributed by atoms with Gasteiger partial charge in [-0.25, -0.2) is 4.57 Å². The molecule has 3 heterocycles. The van der Waals surface area contributed by atoms with Crippen molar-refractivity contribution in [2.75, 3.05) is 19.8 Å². The van der Waals surface area contributed by atoms with Gasteiger partial charge in [0.25, 0.3) is 0 Å². The fraction of sp³-hybridized carbons (Fsp3) is 1.00. The van der Waals surface area contributed by atoms with Gasteiger partial charge in [-0.2, -0.15) is 0 Å². The first kappa shape index (κ1) is 32.0. The van der Waals surface area contributed by atoms with Gasteiger partial charge >= 0.3 is 7.82 Å². The zero-order valence-corrected chi connectivity index (χ0v) is 20.3. The van der Waals surface area contributed by atoms with Crippen LogP contribution in [-0.2, 0) is 32.3 Å². The maximum Gasteiger partial charge on any atom is 0.482 e. The Hall–Kier alpha value is -0.490. The maximum absolute atomic E-state index is 13.7. The first-order chi connectivity index (χ1) is 17.8. The fourth-order valence-electron chi connectivity index (χ4n) is 3.92. The van der Waals surface area contributed by atoms with E-state index >= 15 is 0 Å². The number of ether oxygens (including phenoxy) is 3. The summed E-state index contributed by atoms with van der Waals surface area (Å²) in [7, 11) is -5.46. The molecule has 0 radical (unpaired) electrons. The van der Waals surface area contributed by atoms with Crippen molar-refractivity contribution < 1.29 is 93.6 Å². The molecule has 0 spiro atoms. The summed E-state index contributed by atoms with van der Waals surface area (Å²) in [6.45, 7) is -2.76. The predicted molar refractivity (Wildman–Crippen MR) is 112 cm³/mol. The molecule has 20 heteroatoms. The van der Waals surface area contributed by atoms with Gasteiger partial charge < -0.3 is 75.5 Å². The summed E-state index contributed by atoms with van der Waals surface area (Å²) < 4.78 is 44.2. The molecular formula is C18H33O19P. The average molecular weight is 584 g/mol. The molecule has 3 aliphatic heterocycles. The van der Waals surface area contributed by atoms with E-state index in [0.29, 0.717) is 0 Å². The molecule has 3 fully saturated rings. The highest BCUT2D eigenvalue weighted by Crippen LogP contribution is 2.56. The lowest BCUT2D eigenvalue weighted by Gasteiger charge is -2.44. The zero-order chi connectivity index (χ0) is 28.5. The van der Waals surface area contributed by atoms with E-state index < -0.39 is 120 Å². The van der Waals surface area contributed by atoms with E-state index in [0.717, 1.165) is 0 Å². The van der Waals surface area contributed by atoms with Crippen molar-refractivity contribution >= 4 is 7.82 Å². The van der Waals surface area contributed by atoms with Gasteiger partial charge in [0.2, 0.25) is 0 Å². The van der Waals surface area contributed by atoms with Gasteiger partial charge in [0.1, 0.15) is 73.2 Å². The third kappa shape index (κ3) is 6.52. The first-order valence-electron chi connectivity index (χ1n) is 11.3. The molecule has 38 heavy (non-hydrogen) atoms. The van der Waals surface area contributed by atoms with Crippen molar-refractivity contribution in [2.45, 2.75) is 92.1 Å². The largest absolute Gasteiger partial charge is 0.482 e. The Kier molecular flexibility index (Phi) is 11.0. The zero-order valence-electron chi connectivity index (χ0n) is 19.5. The molecule has 0 aromatic carbocycles. The number of hydrogen-bond donors (Lipinski definition) is 12. The Morgan fingerprint density at radius 2 is 0.684 bits per heavy atom. The molecule has 0 aromatic heterocycles. The van der Waals surface area contributed by atoms with Crippen LogP contribution in [0.25, 0.3) is 0 Å². The van der Waals surface area contributed by atoms with E-state index in [2.05, 4.69) is 0 Å². The van der Waals surface area contributed by atoms with E-state index in [-0.39, 0.29) is 0 Å². The summed E-state index contributed by atoms with van der Waals surface area (Å²) in [6, 6.07) is 0. The highest BCUT2D eigenvalue weighted by molar-refractivity contribution is 7.48. The molecule has 224 valence electrons. The van der Waals surface area contributed by atoms with E-state index in [1.807, 2.05) is 0 Å². The van der Waals surface area contributed by atoms with Gasteiger partial charge in [-0.3, -0.25) is 13.6 Å². The number of phosphoric acid groups is 1. The van der Waals surface area contributed by atoms with Gasteiger partial charge in [-0.15, -0.1) is 0 Å². The van der Waals surface area contributed by atoms with E-state index in [4.69, 9.17) is 27.8 Å². The molecule has 0 aromatic rings. The third-order valence-corrected chi connectivity index (χ3v) is 7.64. The van der Waals surface area contributed by atoms with Gasteiger partial charge in [-0.1, -0.05) is 0 Å². The molecular weight excluding hydrogens is 551 g/mol. The molecule has 0 bridgehead atoms. The summed E-state index contributed by atoms with van der Waals surface area (Å²) in [6.07, 6.45) is -29.5. The summed E-state index contributed by atoms with van der Waals surface area (Å²) in [5, 5.41) is 119. The number of aliphatic hydroxyl groups is 12. The number of rotatable bonds is 9. The Morgan fingerprint density at radius 3 is 0.895 bits per heavy atom. The Morgan fingerprint density at radius 1 is 0.447 bits per heavy atom. The van der Waals surface area contributed by atoms with Crippen molar-refractivity contribution in [1.29, 1.82) is 0 Å². The van der Waals surface area contributed by atoms with Crippen molar-refractivity contribution in [3.05, 3.63) is 0 Å². The Balaban J connectivity index is 1.91. The van der Waals surface area contributed by atoms with Gasteiger partial charge in [-0.05, 0) is 0 Å². The topological polar surface area (TPSA) is 315 Å². The molecule has 3 unspecified atom stereocenters. The Bertz CT molecular complexity index is 700. The molecule has 3 rings (SSSR count). The predicted octanol–water partition coefficient (Wildman–Crippen LogP) is -7.46.